The predicted molar refractivity (Wildman–Crippen MR) is 95.1 cm³/mol. The van der Waals surface area contributed by atoms with Crippen molar-refractivity contribution < 1.29 is 14.6 Å². The molecule has 0 amide bonds. The Bertz CT molecular complexity index is 780. The minimum Gasteiger partial charge on any atom is -0.494 e. The van der Waals surface area contributed by atoms with E-state index in [9.17, 15) is 4.79 Å². The van der Waals surface area contributed by atoms with Crippen molar-refractivity contribution in [2.24, 2.45) is 5.10 Å². The Balaban J connectivity index is 2.20. The second-order valence-electron chi connectivity index (χ2n) is 4.43. The third-order valence-corrected chi connectivity index (χ3v) is 3.93. The molecule has 0 saturated heterocycles. The van der Waals surface area contributed by atoms with Gasteiger partial charge in [0.05, 0.1) is 18.5 Å². The number of carbonyl (C=O) groups is 1. The van der Waals surface area contributed by atoms with Gasteiger partial charge in [-0.2, -0.15) is 5.10 Å². The molecule has 2 N–H and O–H groups in total. The molecule has 0 bridgehead atoms. The Morgan fingerprint density at radius 1 is 1.29 bits per heavy atom. The quantitative estimate of drug-likeness (QED) is 0.430. The van der Waals surface area contributed by atoms with Crippen molar-refractivity contribution >= 4 is 52.7 Å². The lowest BCUT2D eigenvalue weighted by Crippen LogP contribution is -2.05. The number of nitrogens with zero attached hydrogens (tertiary/aromatic N) is 2. The fourth-order valence-corrected chi connectivity index (χ4v) is 2.41. The van der Waals surface area contributed by atoms with Gasteiger partial charge in [0.25, 0.3) is 0 Å². The van der Waals surface area contributed by atoms with Crippen LogP contribution in [0.3, 0.4) is 0 Å². The number of hydrogen-bond donors (Lipinski definition) is 2. The Morgan fingerprint density at radius 2 is 1.96 bits per heavy atom. The van der Waals surface area contributed by atoms with Crippen LogP contribution in [-0.4, -0.2) is 28.9 Å². The number of hydrogen-bond acceptors (Lipinski definition) is 5. The molecule has 1 aromatic heterocycles. The molecule has 0 radical (unpaired) electrons. The van der Waals surface area contributed by atoms with Crippen molar-refractivity contribution in [2.45, 2.75) is 6.92 Å². The van der Waals surface area contributed by atoms with Crippen molar-refractivity contribution in [1.82, 2.24) is 4.98 Å². The molecule has 1 aromatic carbocycles. The molecular formula is C15H12Cl3N3O3. The van der Waals surface area contributed by atoms with E-state index >= 15 is 0 Å². The third kappa shape index (κ3) is 4.29. The highest BCUT2D eigenvalue weighted by Crippen LogP contribution is 2.36. The summed E-state index contributed by atoms with van der Waals surface area (Å²) in [5.41, 5.74) is 3.04. The van der Waals surface area contributed by atoms with Crippen LogP contribution in [-0.2, 0) is 0 Å². The summed E-state index contributed by atoms with van der Waals surface area (Å²) in [4.78, 5) is 14.7. The van der Waals surface area contributed by atoms with E-state index in [2.05, 4.69) is 15.5 Å². The molecule has 0 unspecified atom stereocenters. The fraction of sp³-hybridized carbons (Fsp3) is 0.133. The van der Waals surface area contributed by atoms with Crippen LogP contribution in [0.1, 0.15) is 23.0 Å². The summed E-state index contributed by atoms with van der Waals surface area (Å²) in [6.45, 7) is 2.48. The van der Waals surface area contributed by atoms with E-state index in [0.717, 1.165) is 11.3 Å². The molecular weight excluding hydrogens is 377 g/mol. The van der Waals surface area contributed by atoms with Crippen molar-refractivity contribution in [3.8, 4) is 5.75 Å². The molecule has 0 fully saturated rings. The van der Waals surface area contributed by atoms with Crippen LogP contribution in [0.2, 0.25) is 15.2 Å². The average molecular weight is 389 g/mol. The number of rotatable bonds is 6. The minimum atomic E-state index is -1.32. The summed E-state index contributed by atoms with van der Waals surface area (Å²) in [5.74, 6) is -0.571. The zero-order valence-electron chi connectivity index (χ0n) is 12.4. The van der Waals surface area contributed by atoms with E-state index in [4.69, 9.17) is 44.6 Å². The van der Waals surface area contributed by atoms with Gasteiger partial charge in [-0.15, -0.1) is 0 Å². The number of carboxylic acids is 1. The molecule has 126 valence electrons. The first-order chi connectivity index (χ1) is 11.4. The van der Waals surface area contributed by atoms with Crippen molar-refractivity contribution in [2.75, 3.05) is 12.0 Å². The second-order valence-corrected chi connectivity index (χ2v) is 5.55. The van der Waals surface area contributed by atoms with Gasteiger partial charge in [0, 0.05) is 0 Å². The largest absolute Gasteiger partial charge is 0.494 e. The standard InChI is InChI=1S/C15H12Cl3N3O3/c1-2-24-9-5-3-8(4-6-9)7-19-21-12-10(16)13(15(22)23)20-14(18)11(12)17/h3-7H,2H2,1H3,(H,20,21)(H,22,23). The molecule has 2 aromatic rings. The zero-order chi connectivity index (χ0) is 17.7. The van der Waals surface area contributed by atoms with Crippen LogP contribution >= 0.6 is 34.8 Å². The molecule has 24 heavy (non-hydrogen) atoms. The molecule has 0 aliphatic heterocycles. The molecule has 2 rings (SSSR count). The fourth-order valence-electron chi connectivity index (χ4n) is 1.74. The Hall–Kier alpha value is -2.02. The smallest absolute Gasteiger partial charge is 0.356 e. The van der Waals surface area contributed by atoms with Crippen LogP contribution in [0, 0.1) is 0 Å². The summed E-state index contributed by atoms with van der Waals surface area (Å²) < 4.78 is 5.34. The first-order valence-electron chi connectivity index (χ1n) is 6.73. The lowest BCUT2D eigenvalue weighted by molar-refractivity contribution is 0.0691. The van der Waals surface area contributed by atoms with Gasteiger partial charge in [-0.3, -0.25) is 5.43 Å². The molecule has 0 aliphatic rings. The van der Waals surface area contributed by atoms with Gasteiger partial charge in [0.15, 0.2) is 10.8 Å². The first-order valence-corrected chi connectivity index (χ1v) is 7.87. The van der Waals surface area contributed by atoms with Crippen molar-refractivity contribution in [3.05, 3.63) is 50.7 Å². The molecule has 6 nitrogen and oxygen atoms in total. The molecule has 0 saturated carbocycles. The molecule has 1 heterocycles. The monoisotopic (exact) mass is 387 g/mol. The van der Waals surface area contributed by atoms with Gasteiger partial charge in [0.2, 0.25) is 0 Å². The summed E-state index contributed by atoms with van der Waals surface area (Å²) >= 11 is 17.8. The number of anilines is 1. The summed E-state index contributed by atoms with van der Waals surface area (Å²) in [5, 5.41) is 12.7. The number of aromatic carboxylic acids is 1. The first kappa shape index (κ1) is 18.3. The van der Waals surface area contributed by atoms with Crippen LogP contribution in [0.5, 0.6) is 5.75 Å². The van der Waals surface area contributed by atoms with E-state index < -0.39 is 11.7 Å². The number of ether oxygens (including phenoxy) is 1. The van der Waals surface area contributed by atoms with E-state index in [0.29, 0.717) is 6.61 Å². The van der Waals surface area contributed by atoms with Crippen LogP contribution in [0.15, 0.2) is 29.4 Å². The van der Waals surface area contributed by atoms with Gasteiger partial charge >= 0.3 is 5.97 Å². The lowest BCUT2D eigenvalue weighted by Gasteiger charge is -2.09. The maximum Gasteiger partial charge on any atom is 0.356 e. The van der Waals surface area contributed by atoms with Crippen LogP contribution < -0.4 is 10.2 Å². The SMILES string of the molecule is CCOc1ccc(C=NNc2c(Cl)c(Cl)nc(C(=O)O)c2Cl)cc1. The molecule has 0 atom stereocenters. The van der Waals surface area contributed by atoms with E-state index in [-0.39, 0.29) is 20.9 Å². The van der Waals surface area contributed by atoms with E-state index in [1.165, 1.54) is 6.21 Å². The van der Waals surface area contributed by atoms with Crippen molar-refractivity contribution in [3.63, 3.8) is 0 Å². The number of pyridine rings is 1. The number of hydrazone groups is 1. The van der Waals surface area contributed by atoms with Crippen molar-refractivity contribution in [1.29, 1.82) is 0 Å². The van der Waals surface area contributed by atoms with Gasteiger partial charge in [0.1, 0.15) is 15.8 Å². The van der Waals surface area contributed by atoms with Crippen LogP contribution in [0.25, 0.3) is 0 Å². The molecule has 0 aliphatic carbocycles. The van der Waals surface area contributed by atoms with E-state index in [1.54, 1.807) is 12.1 Å². The summed E-state index contributed by atoms with van der Waals surface area (Å²) in [6.07, 6.45) is 1.51. The number of aromatic nitrogens is 1. The number of carboxylic acid groups (broad SMARTS) is 1. The summed E-state index contributed by atoms with van der Waals surface area (Å²) in [7, 11) is 0. The molecule has 9 heteroatoms. The van der Waals surface area contributed by atoms with Gasteiger partial charge in [-0.1, -0.05) is 34.8 Å². The lowest BCUT2D eigenvalue weighted by atomic mass is 10.2. The second kappa shape index (κ2) is 8.19. The molecule has 0 spiro atoms. The van der Waals surface area contributed by atoms with Gasteiger partial charge in [-0.05, 0) is 36.8 Å². The number of halogens is 3. The Labute approximate surface area is 153 Å². The highest BCUT2D eigenvalue weighted by Gasteiger charge is 2.20. The normalized spacial score (nSPS) is 10.8. The maximum atomic E-state index is 11.1. The average Bonchev–Trinajstić information content (AvgIpc) is 2.55. The number of nitrogens with one attached hydrogen (secondary N) is 1. The Morgan fingerprint density at radius 3 is 2.54 bits per heavy atom. The minimum absolute atomic E-state index is 0.0180. The predicted octanol–water partition coefficient (Wildman–Crippen LogP) is 4.58. The van der Waals surface area contributed by atoms with Gasteiger partial charge in [-0.25, -0.2) is 9.78 Å². The Kier molecular flexibility index (Phi) is 6.25. The number of benzene rings is 1. The van der Waals surface area contributed by atoms with Gasteiger partial charge < -0.3 is 9.84 Å². The third-order valence-electron chi connectivity index (χ3n) is 2.82. The van der Waals surface area contributed by atoms with Crippen LogP contribution in [0.4, 0.5) is 5.69 Å². The highest BCUT2D eigenvalue weighted by molar-refractivity contribution is 6.46. The van der Waals surface area contributed by atoms with E-state index in [1.807, 2.05) is 19.1 Å². The zero-order valence-corrected chi connectivity index (χ0v) is 14.7. The summed E-state index contributed by atoms with van der Waals surface area (Å²) in [6, 6.07) is 7.22. The maximum absolute atomic E-state index is 11.1. The highest BCUT2D eigenvalue weighted by atomic mass is 35.5. The topological polar surface area (TPSA) is 83.8 Å².